The first-order chi connectivity index (χ1) is 12.6. The number of halogens is 1. The Morgan fingerprint density at radius 2 is 2.00 bits per heavy atom. The highest BCUT2D eigenvalue weighted by Gasteiger charge is 2.43. The summed E-state index contributed by atoms with van der Waals surface area (Å²) in [7, 11) is 0. The molecule has 1 N–H and O–H groups in total. The zero-order chi connectivity index (χ0) is 18.0. The third-order valence-corrected chi connectivity index (χ3v) is 5.00. The maximum absolute atomic E-state index is 10.7. The maximum atomic E-state index is 10.7. The summed E-state index contributed by atoms with van der Waals surface area (Å²) < 4.78 is 7.63. The van der Waals surface area contributed by atoms with Crippen molar-refractivity contribution in [1.29, 1.82) is 0 Å². The molecule has 26 heavy (non-hydrogen) atoms. The van der Waals surface area contributed by atoms with Gasteiger partial charge in [0.05, 0.1) is 31.1 Å². The minimum absolute atomic E-state index is 0.0861. The SMILES string of the molecule is OC1(Cn2cc(-c3cccnc3Cl)cn2)CC(OCc2ccccc2)C1. The van der Waals surface area contributed by atoms with Gasteiger partial charge in [-0.15, -0.1) is 0 Å². The van der Waals surface area contributed by atoms with Crippen molar-refractivity contribution < 1.29 is 9.84 Å². The molecule has 0 spiro atoms. The molecular weight excluding hydrogens is 350 g/mol. The third kappa shape index (κ3) is 3.80. The molecule has 0 saturated heterocycles. The van der Waals surface area contributed by atoms with Gasteiger partial charge in [-0.3, -0.25) is 4.68 Å². The fourth-order valence-corrected chi connectivity index (χ4v) is 3.54. The summed E-state index contributed by atoms with van der Waals surface area (Å²) in [5.41, 5.74) is 2.10. The fourth-order valence-electron chi connectivity index (χ4n) is 3.32. The second-order valence-electron chi connectivity index (χ2n) is 6.82. The molecule has 0 atom stereocenters. The van der Waals surface area contributed by atoms with Gasteiger partial charge in [0.15, 0.2) is 0 Å². The Morgan fingerprint density at radius 1 is 1.19 bits per heavy atom. The number of hydrogen-bond donors (Lipinski definition) is 1. The minimum atomic E-state index is -0.774. The predicted octanol–water partition coefficient (Wildman–Crippen LogP) is 3.71. The monoisotopic (exact) mass is 369 g/mol. The van der Waals surface area contributed by atoms with E-state index in [-0.39, 0.29) is 6.10 Å². The molecule has 0 aliphatic heterocycles. The highest BCUT2D eigenvalue weighted by Crippen LogP contribution is 2.36. The molecule has 0 unspecified atom stereocenters. The van der Waals surface area contributed by atoms with Crippen LogP contribution in [-0.2, 0) is 17.9 Å². The first-order valence-electron chi connectivity index (χ1n) is 8.63. The summed E-state index contributed by atoms with van der Waals surface area (Å²) in [5, 5.41) is 15.5. The Balaban J connectivity index is 1.32. The highest BCUT2D eigenvalue weighted by molar-refractivity contribution is 6.32. The third-order valence-electron chi connectivity index (χ3n) is 4.70. The van der Waals surface area contributed by atoms with Crippen molar-refractivity contribution in [2.75, 3.05) is 0 Å². The van der Waals surface area contributed by atoms with Gasteiger partial charge in [-0.25, -0.2) is 4.98 Å². The van der Waals surface area contributed by atoms with Crippen LogP contribution in [0.5, 0.6) is 0 Å². The molecule has 1 aliphatic carbocycles. The van der Waals surface area contributed by atoms with Crippen LogP contribution in [0.1, 0.15) is 18.4 Å². The van der Waals surface area contributed by atoms with E-state index in [1.165, 1.54) is 0 Å². The Morgan fingerprint density at radius 3 is 2.77 bits per heavy atom. The largest absolute Gasteiger partial charge is 0.388 e. The lowest BCUT2D eigenvalue weighted by Gasteiger charge is -2.43. The van der Waals surface area contributed by atoms with Gasteiger partial charge in [0.25, 0.3) is 0 Å². The number of nitrogens with zero attached hydrogens (tertiary/aromatic N) is 3. The van der Waals surface area contributed by atoms with E-state index >= 15 is 0 Å². The average molecular weight is 370 g/mol. The molecular formula is C20H20ClN3O2. The van der Waals surface area contributed by atoms with Gasteiger partial charge in [0.2, 0.25) is 0 Å². The molecule has 2 aromatic heterocycles. The standard InChI is InChI=1S/C20H20ClN3O2/c21-19-18(7-4-8-22-19)16-11-23-24(12-16)14-20(25)9-17(10-20)26-13-15-5-2-1-3-6-15/h1-8,11-12,17,25H,9-10,13-14H2. The molecule has 0 radical (unpaired) electrons. The lowest BCUT2D eigenvalue weighted by atomic mass is 9.77. The van der Waals surface area contributed by atoms with Gasteiger partial charge in [0.1, 0.15) is 5.15 Å². The van der Waals surface area contributed by atoms with Gasteiger partial charge >= 0.3 is 0 Å². The van der Waals surface area contributed by atoms with Crippen LogP contribution in [-0.4, -0.2) is 31.6 Å². The van der Waals surface area contributed by atoms with E-state index in [1.807, 2.05) is 48.7 Å². The van der Waals surface area contributed by atoms with E-state index in [0.29, 0.717) is 31.1 Å². The maximum Gasteiger partial charge on any atom is 0.136 e. The van der Waals surface area contributed by atoms with Gasteiger partial charge in [-0.2, -0.15) is 5.10 Å². The number of pyridine rings is 1. The summed E-state index contributed by atoms with van der Waals surface area (Å²) in [6.45, 7) is 1.02. The average Bonchev–Trinajstić information content (AvgIpc) is 3.07. The van der Waals surface area contributed by atoms with Gasteiger partial charge < -0.3 is 9.84 Å². The van der Waals surface area contributed by atoms with Crippen molar-refractivity contribution in [3.63, 3.8) is 0 Å². The van der Waals surface area contributed by atoms with Crippen molar-refractivity contribution in [2.45, 2.75) is 37.7 Å². The smallest absolute Gasteiger partial charge is 0.136 e. The molecule has 0 amide bonds. The summed E-state index contributed by atoms with van der Waals surface area (Å²) in [5.74, 6) is 0. The van der Waals surface area contributed by atoms with Crippen molar-refractivity contribution >= 4 is 11.6 Å². The Kier molecular flexibility index (Phi) is 4.76. The molecule has 5 nitrogen and oxygen atoms in total. The van der Waals surface area contributed by atoms with E-state index in [1.54, 1.807) is 17.1 Å². The van der Waals surface area contributed by atoms with Crippen LogP contribution in [0.15, 0.2) is 61.1 Å². The van der Waals surface area contributed by atoms with E-state index in [2.05, 4.69) is 10.1 Å². The molecule has 4 rings (SSSR count). The van der Waals surface area contributed by atoms with Crippen LogP contribution in [0.2, 0.25) is 5.15 Å². The first-order valence-corrected chi connectivity index (χ1v) is 9.00. The van der Waals surface area contributed by atoms with Gasteiger partial charge in [-0.1, -0.05) is 41.9 Å². The molecule has 1 aromatic carbocycles. The van der Waals surface area contributed by atoms with Crippen LogP contribution in [0, 0.1) is 0 Å². The van der Waals surface area contributed by atoms with Crippen LogP contribution >= 0.6 is 11.6 Å². The van der Waals surface area contributed by atoms with Crippen LogP contribution in [0.4, 0.5) is 0 Å². The molecule has 1 saturated carbocycles. The molecule has 1 aliphatic rings. The van der Waals surface area contributed by atoms with E-state index in [0.717, 1.165) is 16.7 Å². The van der Waals surface area contributed by atoms with Crippen molar-refractivity contribution in [3.05, 3.63) is 71.8 Å². The Bertz CT molecular complexity index is 876. The van der Waals surface area contributed by atoms with Crippen molar-refractivity contribution in [2.24, 2.45) is 0 Å². The molecule has 134 valence electrons. The molecule has 0 bridgehead atoms. The zero-order valence-corrected chi connectivity index (χ0v) is 15.0. The number of aromatic nitrogens is 3. The molecule has 1 fully saturated rings. The summed E-state index contributed by atoms with van der Waals surface area (Å²) >= 11 is 6.13. The van der Waals surface area contributed by atoms with Crippen molar-refractivity contribution in [1.82, 2.24) is 14.8 Å². The summed E-state index contributed by atoms with van der Waals surface area (Å²) in [6.07, 6.45) is 6.60. The van der Waals surface area contributed by atoms with Gasteiger partial charge in [0, 0.05) is 36.4 Å². The topological polar surface area (TPSA) is 60.2 Å². The molecule has 6 heteroatoms. The molecule has 3 aromatic rings. The van der Waals surface area contributed by atoms with E-state index in [9.17, 15) is 5.11 Å². The van der Waals surface area contributed by atoms with Gasteiger partial charge in [-0.05, 0) is 17.7 Å². The normalized spacial score (nSPS) is 22.2. The number of ether oxygens (including phenoxy) is 1. The number of rotatable bonds is 6. The minimum Gasteiger partial charge on any atom is -0.388 e. The quantitative estimate of drug-likeness (QED) is 0.673. The fraction of sp³-hybridized carbons (Fsp3) is 0.300. The number of aliphatic hydroxyl groups is 1. The second-order valence-corrected chi connectivity index (χ2v) is 7.18. The molecule has 2 heterocycles. The number of benzene rings is 1. The first kappa shape index (κ1) is 17.2. The van der Waals surface area contributed by atoms with Crippen LogP contribution in [0.3, 0.4) is 0 Å². The highest BCUT2D eigenvalue weighted by atomic mass is 35.5. The lowest BCUT2D eigenvalue weighted by molar-refractivity contribution is -0.152. The number of hydrogen-bond acceptors (Lipinski definition) is 4. The second kappa shape index (κ2) is 7.19. The van der Waals surface area contributed by atoms with Crippen LogP contribution in [0.25, 0.3) is 11.1 Å². The van der Waals surface area contributed by atoms with E-state index in [4.69, 9.17) is 16.3 Å². The predicted molar refractivity (Wildman–Crippen MR) is 99.7 cm³/mol. The van der Waals surface area contributed by atoms with Crippen LogP contribution < -0.4 is 0 Å². The zero-order valence-electron chi connectivity index (χ0n) is 14.3. The summed E-state index contributed by atoms with van der Waals surface area (Å²) in [6, 6.07) is 13.8. The van der Waals surface area contributed by atoms with Crippen molar-refractivity contribution in [3.8, 4) is 11.1 Å². The Labute approximate surface area is 157 Å². The van der Waals surface area contributed by atoms with E-state index < -0.39 is 5.60 Å². The summed E-state index contributed by atoms with van der Waals surface area (Å²) in [4.78, 5) is 4.08. The Hall–Kier alpha value is -2.21. The lowest BCUT2D eigenvalue weighted by Crippen LogP contribution is -2.51.